The molecule has 0 N–H and O–H groups in total. The first-order valence-corrected chi connectivity index (χ1v) is 4.89. The highest BCUT2D eigenvalue weighted by molar-refractivity contribution is 5.97. The van der Waals surface area contributed by atoms with Gasteiger partial charge in [0, 0.05) is 6.61 Å². The zero-order valence-electron chi connectivity index (χ0n) is 7.42. The molecule has 0 fully saturated rings. The maximum atomic E-state index is 5.12. The third-order valence-electron chi connectivity index (χ3n) is 1.81. The van der Waals surface area contributed by atoms with Crippen molar-refractivity contribution in [1.82, 2.24) is 0 Å². The lowest BCUT2D eigenvalue weighted by Gasteiger charge is -2.00. The fourth-order valence-corrected chi connectivity index (χ4v) is 1.24. The van der Waals surface area contributed by atoms with Crippen LogP contribution in [0.3, 0.4) is 0 Å². The Hall–Kier alpha value is -0.863. The molecular formula is C10H14OSi. The summed E-state index contributed by atoms with van der Waals surface area (Å²) in [5.74, 6) is 0. The van der Waals surface area contributed by atoms with Crippen LogP contribution < -0.4 is 0 Å². The molecule has 1 rings (SSSR count). The van der Waals surface area contributed by atoms with E-state index in [1.165, 1.54) is 11.1 Å². The van der Waals surface area contributed by atoms with Gasteiger partial charge in [0.2, 0.25) is 0 Å². The highest BCUT2D eigenvalue weighted by Gasteiger charge is 1.91. The van der Waals surface area contributed by atoms with Gasteiger partial charge in [0.25, 0.3) is 0 Å². The standard InChI is InChI=1S/C10H14OSi/c1-2-9-3-5-10(6-4-9)7-8-11-12/h2-6H,1,7-8H2,12H3. The highest BCUT2D eigenvalue weighted by atomic mass is 28.2. The van der Waals surface area contributed by atoms with Crippen molar-refractivity contribution in [2.45, 2.75) is 6.42 Å². The molecule has 0 aliphatic carbocycles. The lowest BCUT2D eigenvalue weighted by atomic mass is 10.1. The molecule has 1 nitrogen and oxygen atoms in total. The van der Waals surface area contributed by atoms with Gasteiger partial charge in [-0.25, -0.2) is 0 Å². The van der Waals surface area contributed by atoms with Crippen LogP contribution in [0.25, 0.3) is 6.08 Å². The van der Waals surface area contributed by atoms with Crippen molar-refractivity contribution in [1.29, 1.82) is 0 Å². The van der Waals surface area contributed by atoms with Gasteiger partial charge in [0.1, 0.15) is 10.5 Å². The van der Waals surface area contributed by atoms with Crippen LogP contribution in [0.15, 0.2) is 30.8 Å². The van der Waals surface area contributed by atoms with Crippen molar-refractivity contribution in [2.75, 3.05) is 6.61 Å². The molecular weight excluding hydrogens is 164 g/mol. The maximum absolute atomic E-state index is 5.12. The van der Waals surface area contributed by atoms with Crippen molar-refractivity contribution in [2.24, 2.45) is 0 Å². The van der Waals surface area contributed by atoms with Crippen LogP contribution in [0.4, 0.5) is 0 Å². The third kappa shape index (κ3) is 2.64. The predicted octanol–water partition coefficient (Wildman–Crippen LogP) is 1.17. The smallest absolute Gasteiger partial charge is 0.145 e. The van der Waals surface area contributed by atoms with Gasteiger partial charge in [-0.3, -0.25) is 0 Å². The zero-order valence-corrected chi connectivity index (χ0v) is 9.42. The number of hydrogen-bond acceptors (Lipinski definition) is 1. The summed E-state index contributed by atoms with van der Waals surface area (Å²) in [6.45, 7) is 4.55. The molecule has 0 heterocycles. The first kappa shape index (κ1) is 9.23. The Balaban J connectivity index is 2.58. The quantitative estimate of drug-likeness (QED) is 0.629. The second-order valence-electron chi connectivity index (χ2n) is 2.69. The SMILES string of the molecule is C=Cc1ccc(CCO[SiH3])cc1. The van der Waals surface area contributed by atoms with E-state index >= 15 is 0 Å². The minimum absolute atomic E-state index is 0.833. The molecule has 2 heteroatoms. The van der Waals surface area contributed by atoms with Crippen molar-refractivity contribution >= 4 is 16.6 Å². The lowest BCUT2D eigenvalue weighted by molar-refractivity contribution is 0.354. The Morgan fingerprint density at radius 3 is 2.50 bits per heavy atom. The Morgan fingerprint density at radius 1 is 1.33 bits per heavy atom. The van der Waals surface area contributed by atoms with E-state index in [9.17, 15) is 0 Å². The predicted molar refractivity (Wildman–Crippen MR) is 56.1 cm³/mol. The second-order valence-corrected chi connectivity index (χ2v) is 3.27. The summed E-state index contributed by atoms with van der Waals surface area (Å²) in [5, 5.41) is 0. The van der Waals surface area contributed by atoms with E-state index in [1.807, 2.05) is 6.08 Å². The van der Waals surface area contributed by atoms with Crippen molar-refractivity contribution in [3.8, 4) is 0 Å². The highest BCUT2D eigenvalue weighted by Crippen LogP contribution is 2.05. The Morgan fingerprint density at radius 2 is 2.00 bits per heavy atom. The van der Waals surface area contributed by atoms with E-state index in [0.29, 0.717) is 0 Å². The van der Waals surface area contributed by atoms with E-state index in [0.717, 1.165) is 23.5 Å². The summed E-state index contributed by atoms with van der Waals surface area (Å²) >= 11 is 0. The summed E-state index contributed by atoms with van der Waals surface area (Å²) in [5.41, 5.74) is 2.50. The van der Waals surface area contributed by atoms with Crippen LogP contribution in [0.2, 0.25) is 0 Å². The molecule has 0 unspecified atom stereocenters. The van der Waals surface area contributed by atoms with E-state index in [2.05, 4.69) is 30.8 Å². The third-order valence-corrected chi connectivity index (χ3v) is 2.22. The molecule has 1 aromatic carbocycles. The van der Waals surface area contributed by atoms with Crippen LogP contribution in [0.1, 0.15) is 11.1 Å². The van der Waals surface area contributed by atoms with Gasteiger partial charge < -0.3 is 4.43 Å². The lowest BCUT2D eigenvalue weighted by Crippen LogP contribution is -1.94. The van der Waals surface area contributed by atoms with Gasteiger partial charge in [0.15, 0.2) is 0 Å². The first-order valence-electron chi connectivity index (χ1n) is 4.07. The van der Waals surface area contributed by atoms with Crippen LogP contribution in [-0.2, 0) is 10.8 Å². The number of hydrogen-bond donors (Lipinski definition) is 0. The monoisotopic (exact) mass is 178 g/mol. The molecule has 1 aromatic rings. The minimum atomic E-state index is 0.833. The molecule has 0 saturated heterocycles. The van der Waals surface area contributed by atoms with E-state index in [1.54, 1.807) is 0 Å². The average molecular weight is 178 g/mol. The Kier molecular flexibility index (Phi) is 3.77. The average Bonchev–Trinajstić information content (AvgIpc) is 2.15. The zero-order chi connectivity index (χ0) is 8.81. The van der Waals surface area contributed by atoms with Crippen LogP contribution >= 0.6 is 0 Å². The summed E-state index contributed by atoms with van der Waals surface area (Å²) < 4.78 is 5.12. The van der Waals surface area contributed by atoms with Crippen LogP contribution in [0, 0.1) is 0 Å². The maximum Gasteiger partial charge on any atom is 0.145 e. The normalized spacial score (nSPS) is 10.0. The second kappa shape index (κ2) is 4.90. The van der Waals surface area contributed by atoms with Gasteiger partial charge in [-0.05, 0) is 17.5 Å². The summed E-state index contributed by atoms with van der Waals surface area (Å²) in [7, 11) is 0.833. The van der Waals surface area contributed by atoms with Crippen LogP contribution in [0.5, 0.6) is 0 Å². The molecule has 0 aliphatic heterocycles. The molecule has 12 heavy (non-hydrogen) atoms. The van der Waals surface area contributed by atoms with E-state index < -0.39 is 0 Å². The fourth-order valence-electron chi connectivity index (χ4n) is 1.04. The number of benzene rings is 1. The van der Waals surface area contributed by atoms with Crippen LogP contribution in [-0.4, -0.2) is 17.1 Å². The molecule has 0 spiro atoms. The van der Waals surface area contributed by atoms with E-state index in [4.69, 9.17) is 4.43 Å². The van der Waals surface area contributed by atoms with E-state index in [-0.39, 0.29) is 0 Å². The van der Waals surface area contributed by atoms with Crippen molar-refractivity contribution in [3.63, 3.8) is 0 Å². The Bertz CT molecular complexity index is 241. The molecule has 0 bridgehead atoms. The largest absolute Gasteiger partial charge is 0.428 e. The molecule has 0 saturated carbocycles. The summed E-state index contributed by atoms with van der Waals surface area (Å²) in [6.07, 6.45) is 2.87. The van der Waals surface area contributed by atoms with Gasteiger partial charge in [-0.15, -0.1) is 0 Å². The Labute approximate surface area is 76.6 Å². The van der Waals surface area contributed by atoms with Gasteiger partial charge >= 0.3 is 0 Å². The van der Waals surface area contributed by atoms with Gasteiger partial charge in [-0.2, -0.15) is 0 Å². The topological polar surface area (TPSA) is 9.23 Å². The van der Waals surface area contributed by atoms with Gasteiger partial charge in [-0.1, -0.05) is 36.9 Å². The molecule has 0 radical (unpaired) electrons. The van der Waals surface area contributed by atoms with Gasteiger partial charge in [0.05, 0.1) is 0 Å². The fraction of sp³-hybridized carbons (Fsp3) is 0.200. The first-order chi connectivity index (χ1) is 5.86. The molecule has 64 valence electrons. The summed E-state index contributed by atoms with van der Waals surface area (Å²) in [4.78, 5) is 0. The molecule has 0 aromatic heterocycles. The minimum Gasteiger partial charge on any atom is -0.428 e. The molecule has 0 atom stereocenters. The molecule has 0 aliphatic rings. The number of rotatable bonds is 4. The molecule has 0 amide bonds. The van der Waals surface area contributed by atoms with Crippen molar-refractivity contribution < 1.29 is 4.43 Å². The summed E-state index contributed by atoms with van der Waals surface area (Å²) in [6, 6.07) is 8.40. The van der Waals surface area contributed by atoms with Crippen molar-refractivity contribution in [3.05, 3.63) is 42.0 Å².